The smallest absolute Gasteiger partial charge is 0.260 e. The summed E-state index contributed by atoms with van der Waals surface area (Å²) in [5.74, 6) is 1.80. The molecule has 1 atom stereocenters. The van der Waals surface area contributed by atoms with Crippen molar-refractivity contribution in [2.45, 2.75) is 39.2 Å². The first kappa shape index (κ1) is 20.1. The number of anilines is 1. The Labute approximate surface area is 176 Å². The molecule has 1 aliphatic rings. The molecular weight excluding hydrogens is 376 g/mol. The summed E-state index contributed by atoms with van der Waals surface area (Å²) in [5, 5.41) is 0.966. The molecule has 5 heteroatoms. The van der Waals surface area contributed by atoms with Crippen LogP contribution >= 0.6 is 0 Å². The van der Waals surface area contributed by atoms with Crippen LogP contribution in [-0.4, -0.2) is 23.8 Å². The molecule has 0 N–H and O–H groups in total. The van der Waals surface area contributed by atoms with E-state index in [-0.39, 0.29) is 17.7 Å². The van der Waals surface area contributed by atoms with Crippen LogP contribution in [0.15, 0.2) is 54.6 Å². The van der Waals surface area contributed by atoms with Crippen LogP contribution in [0.1, 0.15) is 55.1 Å². The van der Waals surface area contributed by atoms with E-state index in [0.717, 1.165) is 22.9 Å². The minimum atomic E-state index is -0.330. The van der Waals surface area contributed by atoms with Gasteiger partial charge in [0.15, 0.2) is 0 Å². The molecule has 2 aromatic carbocycles. The Morgan fingerprint density at radius 3 is 2.67 bits per heavy atom. The summed E-state index contributed by atoms with van der Waals surface area (Å²) in [6.45, 7) is 4.22. The molecule has 0 fully saturated rings. The zero-order chi connectivity index (χ0) is 21.3. The zero-order valence-electron chi connectivity index (χ0n) is 17.6. The van der Waals surface area contributed by atoms with Crippen LogP contribution in [0.5, 0.6) is 5.75 Å². The molecule has 1 unspecified atom stereocenters. The number of fused-ring (bicyclic) bond motifs is 2. The summed E-state index contributed by atoms with van der Waals surface area (Å²) in [5.41, 5.74) is 2.29. The molecule has 1 aromatic heterocycles. The molecule has 0 spiro atoms. The predicted molar refractivity (Wildman–Crippen MR) is 118 cm³/mol. The van der Waals surface area contributed by atoms with Gasteiger partial charge >= 0.3 is 0 Å². The van der Waals surface area contributed by atoms with Gasteiger partial charge in [0.05, 0.1) is 18.7 Å². The fourth-order valence-corrected chi connectivity index (χ4v) is 3.97. The SMILES string of the molecule is COc1ccc2ccc(N3C(=O)c4ccccc4C3CC(=O)CCC(C)C)nc2c1. The first-order valence-electron chi connectivity index (χ1n) is 10.4. The van der Waals surface area contributed by atoms with E-state index in [1.165, 1.54) is 0 Å². The zero-order valence-corrected chi connectivity index (χ0v) is 17.6. The average molecular weight is 402 g/mol. The lowest BCUT2D eigenvalue weighted by Gasteiger charge is -2.24. The molecule has 1 amide bonds. The van der Waals surface area contributed by atoms with E-state index >= 15 is 0 Å². The third kappa shape index (κ3) is 3.80. The minimum absolute atomic E-state index is 0.109. The second-order valence-electron chi connectivity index (χ2n) is 8.18. The quantitative estimate of drug-likeness (QED) is 0.535. The number of Topliss-reactive ketones (excluding diaryl/α,β-unsaturated/α-hetero) is 1. The molecule has 2 heterocycles. The minimum Gasteiger partial charge on any atom is -0.497 e. The van der Waals surface area contributed by atoms with Crippen LogP contribution in [0.2, 0.25) is 0 Å². The summed E-state index contributed by atoms with van der Waals surface area (Å²) >= 11 is 0. The lowest BCUT2D eigenvalue weighted by Crippen LogP contribution is -2.30. The number of hydrogen-bond donors (Lipinski definition) is 0. The number of hydrogen-bond acceptors (Lipinski definition) is 4. The molecule has 1 aliphatic heterocycles. The van der Waals surface area contributed by atoms with Gasteiger partial charge < -0.3 is 4.74 Å². The Kier molecular flexibility index (Phi) is 5.53. The number of benzene rings is 2. The van der Waals surface area contributed by atoms with Gasteiger partial charge in [-0.05, 0) is 48.2 Å². The van der Waals surface area contributed by atoms with E-state index in [0.29, 0.717) is 35.9 Å². The molecule has 154 valence electrons. The molecule has 0 saturated heterocycles. The Hall–Kier alpha value is -3.21. The molecule has 0 radical (unpaired) electrons. The van der Waals surface area contributed by atoms with Crippen LogP contribution in [-0.2, 0) is 4.79 Å². The maximum absolute atomic E-state index is 13.3. The van der Waals surface area contributed by atoms with Crippen molar-refractivity contribution < 1.29 is 14.3 Å². The van der Waals surface area contributed by atoms with Crippen LogP contribution in [0.4, 0.5) is 5.82 Å². The summed E-state index contributed by atoms with van der Waals surface area (Å²) in [6, 6.07) is 16.7. The van der Waals surface area contributed by atoms with Gasteiger partial charge in [-0.3, -0.25) is 14.5 Å². The first-order chi connectivity index (χ1) is 14.5. The lowest BCUT2D eigenvalue weighted by molar-refractivity contribution is -0.119. The number of nitrogens with zero attached hydrogens (tertiary/aromatic N) is 2. The monoisotopic (exact) mass is 402 g/mol. The van der Waals surface area contributed by atoms with Crippen molar-refractivity contribution in [1.82, 2.24) is 4.98 Å². The standard InChI is InChI=1S/C25H26N2O3/c1-16(2)8-11-18(28)14-23-20-6-4-5-7-21(20)25(29)27(23)24-13-10-17-9-12-19(30-3)15-22(17)26-24/h4-7,9-10,12-13,15-16,23H,8,11,14H2,1-3H3. The second-order valence-corrected chi connectivity index (χ2v) is 8.18. The van der Waals surface area contributed by atoms with E-state index in [1.807, 2.05) is 54.6 Å². The molecule has 3 aromatic rings. The van der Waals surface area contributed by atoms with Crippen molar-refractivity contribution in [3.8, 4) is 5.75 Å². The van der Waals surface area contributed by atoms with E-state index < -0.39 is 0 Å². The van der Waals surface area contributed by atoms with Crippen molar-refractivity contribution >= 4 is 28.4 Å². The van der Waals surface area contributed by atoms with Gasteiger partial charge in [-0.25, -0.2) is 4.98 Å². The highest BCUT2D eigenvalue weighted by atomic mass is 16.5. The number of pyridine rings is 1. The maximum atomic E-state index is 13.3. The van der Waals surface area contributed by atoms with Crippen molar-refractivity contribution in [3.05, 3.63) is 65.7 Å². The third-order valence-corrected chi connectivity index (χ3v) is 5.63. The van der Waals surface area contributed by atoms with Gasteiger partial charge in [0.25, 0.3) is 5.91 Å². The fraction of sp³-hybridized carbons (Fsp3) is 0.320. The number of carbonyl (C=O) groups excluding carboxylic acids is 2. The van der Waals surface area contributed by atoms with Crippen LogP contribution in [0.3, 0.4) is 0 Å². The Balaban J connectivity index is 1.72. The number of aromatic nitrogens is 1. The number of ether oxygens (including phenoxy) is 1. The van der Waals surface area contributed by atoms with Crippen LogP contribution in [0.25, 0.3) is 10.9 Å². The molecule has 30 heavy (non-hydrogen) atoms. The Morgan fingerprint density at radius 1 is 1.13 bits per heavy atom. The largest absolute Gasteiger partial charge is 0.497 e. The highest BCUT2D eigenvalue weighted by Crippen LogP contribution is 2.39. The summed E-state index contributed by atoms with van der Waals surface area (Å²) in [4.78, 5) is 32.4. The molecule has 4 rings (SSSR count). The van der Waals surface area contributed by atoms with E-state index in [4.69, 9.17) is 9.72 Å². The summed E-state index contributed by atoms with van der Waals surface area (Å²) in [6.07, 6.45) is 1.68. The van der Waals surface area contributed by atoms with Gasteiger partial charge in [-0.2, -0.15) is 0 Å². The third-order valence-electron chi connectivity index (χ3n) is 5.63. The Bertz CT molecular complexity index is 1110. The van der Waals surface area contributed by atoms with E-state index in [2.05, 4.69) is 13.8 Å². The molecule has 5 nitrogen and oxygen atoms in total. The van der Waals surface area contributed by atoms with Gasteiger partial charge in [0, 0.05) is 29.9 Å². The van der Waals surface area contributed by atoms with Crippen molar-refractivity contribution in [2.75, 3.05) is 12.0 Å². The normalized spacial score (nSPS) is 15.7. The topological polar surface area (TPSA) is 59.5 Å². The number of ketones is 1. The maximum Gasteiger partial charge on any atom is 0.260 e. The van der Waals surface area contributed by atoms with Crippen molar-refractivity contribution in [1.29, 1.82) is 0 Å². The molecule has 0 aliphatic carbocycles. The van der Waals surface area contributed by atoms with Gasteiger partial charge in [0.1, 0.15) is 17.4 Å². The molecule has 0 saturated carbocycles. The summed E-state index contributed by atoms with van der Waals surface area (Å²) in [7, 11) is 1.62. The van der Waals surface area contributed by atoms with Crippen molar-refractivity contribution in [2.24, 2.45) is 5.92 Å². The second kappa shape index (κ2) is 8.27. The number of rotatable bonds is 7. The molecule has 0 bridgehead atoms. The van der Waals surface area contributed by atoms with E-state index in [1.54, 1.807) is 12.0 Å². The molecular formula is C25H26N2O3. The average Bonchev–Trinajstić information content (AvgIpc) is 3.03. The lowest BCUT2D eigenvalue weighted by atomic mass is 9.97. The summed E-state index contributed by atoms with van der Waals surface area (Å²) < 4.78 is 5.31. The Morgan fingerprint density at radius 2 is 1.90 bits per heavy atom. The number of amides is 1. The highest BCUT2D eigenvalue weighted by Gasteiger charge is 2.39. The number of carbonyl (C=O) groups is 2. The number of methoxy groups -OCH3 is 1. The first-order valence-corrected chi connectivity index (χ1v) is 10.4. The highest BCUT2D eigenvalue weighted by molar-refractivity contribution is 6.11. The van der Waals surface area contributed by atoms with Crippen molar-refractivity contribution in [3.63, 3.8) is 0 Å². The van der Waals surface area contributed by atoms with Crippen LogP contribution in [0, 0.1) is 5.92 Å². The van der Waals surface area contributed by atoms with E-state index in [9.17, 15) is 9.59 Å². The van der Waals surface area contributed by atoms with Gasteiger partial charge in [-0.1, -0.05) is 32.0 Å². The predicted octanol–water partition coefficient (Wildman–Crippen LogP) is 5.34. The fourth-order valence-electron chi connectivity index (χ4n) is 3.97. The van der Waals surface area contributed by atoms with Crippen LogP contribution < -0.4 is 9.64 Å². The van der Waals surface area contributed by atoms with Gasteiger partial charge in [0.2, 0.25) is 0 Å². The van der Waals surface area contributed by atoms with Gasteiger partial charge in [-0.15, -0.1) is 0 Å².